The van der Waals surface area contributed by atoms with Crippen molar-refractivity contribution in [2.45, 2.75) is 36.8 Å². The van der Waals surface area contributed by atoms with E-state index in [1.54, 1.807) is 25.3 Å². The highest BCUT2D eigenvalue weighted by atomic mass is 16.5. The molecule has 3 N–H and O–H groups in total. The molecule has 0 spiro atoms. The number of hydrogen-bond donors (Lipinski definition) is 2. The molecule has 0 saturated carbocycles. The minimum Gasteiger partial charge on any atom is -0.497 e. The molecule has 2 aromatic rings. The molecule has 2 aromatic carbocycles. The standard InChI is InChI=1S/C22H26N2O3/c1-21-9-10-24(2)19(12-14-7-8-17(27-3)13-18(14)21)22(21,26)16-6-4-5-15(11-16)20(23)25/h4-8,11,13,19,26H,9-10,12H2,1-3H3,(H2,23,25)/t19-,21-,22?/m1/s1. The van der Waals surface area contributed by atoms with E-state index in [4.69, 9.17) is 10.5 Å². The number of primary amides is 1. The second-order valence-electron chi connectivity index (χ2n) is 8.02. The second-order valence-corrected chi connectivity index (χ2v) is 8.02. The number of fused-ring (bicyclic) bond motifs is 4. The summed E-state index contributed by atoms with van der Waals surface area (Å²) in [6, 6.07) is 13.2. The van der Waals surface area contributed by atoms with Crippen LogP contribution in [-0.2, 0) is 17.4 Å². The Bertz CT molecular complexity index is 912. The molecule has 4 rings (SSSR count). The van der Waals surface area contributed by atoms with E-state index in [9.17, 15) is 9.90 Å². The second kappa shape index (κ2) is 6.08. The number of hydrogen-bond acceptors (Lipinski definition) is 4. The van der Waals surface area contributed by atoms with Gasteiger partial charge in [0.2, 0.25) is 5.91 Å². The van der Waals surface area contributed by atoms with Gasteiger partial charge >= 0.3 is 0 Å². The van der Waals surface area contributed by atoms with E-state index in [2.05, 4.69) is 31.0 Å². The molecule has 5 heteroatoms. The monoisotopic (exact) mass is 366 g/mol. The Morgan fingerprint density at radius 3 is 2.78 bits per heavy atom. The number of piperidine rings is 1. The van der Waals surface area contributed by atoms with E-state index in [0.717, 1.165) is 36.3 Å². The van der Waals surface area contributed by atoms with Crippen LogP contribution >= 0.6 is 0 Å². The van der Waals surface area contributed by atoms with Crippen LogP contribution < -0.4 is 10.5 Å². The predicted octanol–water partition coefficient (Wildman–Crippen LogP) is 2.20. The molecule has 0 aromatic heterocycles. The first-order valence-electron chi connectivity index (χ1n) is 9.31. The Kier molecular flexibility index (Phi) is 4.05. The summed E-state index contributed by atoms with van der Waals surface area (Å²) < 4.78 is 5.46. The van der Waals surface area contributed by atoms with Crippen LogP contribution in [-0.4, -0.2) is 42.7 Å². The van der Waals surface area contributed by atoms with Gasteiger partial charge in [-0.05, 0) is 67.4 Å². The summed E-state index contributed by atoms with van der Waals surface area (Å²) in [5, 5.41) is 12.2. The molecule has 2 aliphatic rings. The van der Waals surface area contributed by atoms with Crippen molar-refractivity contribution in [3.63, 3.8) is 0 Å². The predicted molar refractivity (Wildman–Crippen MR) is 104 cm³/mol. The van der Waals surface area contributed by atoms with E-state index in [1.165, 1.54) is 5.56 Å². The van der Waals surface area contributed by atoms with Crippen molar-refractivity contribution in [3.8, 4) is 5.75 Å². The Morgan fingerprint density at radius 1 is 1.30 bits per heavy atom. The lowest BCUT2D eigenvalue weighted by atomic mass is 9.53. The van der Waals surface area contributed by atoms with Crippen LogP contribution in [0.3, 0.4) is 0 Å². The molecule has 1 heterocycles. The summed E-state index contributed by atoms with van der Waals surface area (Å²) in [6.45, 7) is 3.02. The van der Waals surface area contributed by atoms with Crippen molar-refractivity contribution in [3.05, 3.63) is 64.7 Å². The number of aliphatic hydroxyl groups is 1. The van der Waals surface area contributed by atoms with Crippen molar-refractivity contribution in [2.24, 2.45) is 5.73 Å². The molecule has 5 nitrogen and oxygen atoms in total. The number of carbonyl (C=O) groups excluding carboxylic acids is 1. The maximum Gasteiger partial charge on any atom is 0.248 e. The summed E-state index contributed by atoms with van der Waals surface area (Å²) in [7, 11) is 3.72. The molecule has 1 unspecified atom stereocenters. The van der Waals surface area contributed by atoms with Gasteiger partial charge < -0.3 is 15.6 Å². The van der Waals surface area contributed by atoms with Gasteiger partial charge in [0.05, 0.1) is 7.11 Å². The number of rotatable bonds is 3. The highest BCUT2D eigenvalue weighted by Gasteiger charge is 2.60. The van der Waals surface area contributed by atoms with Crippen molar-refractivity contribution in [2.75, 3.05) is 20.7 Å². The van der Waals surface area contributed by atoms with Crippen LogP contribution in [0.15, 0.2) is 42.5 Å². The number of methoxy groups -OCH3 is 1. The van der Waals surface area contributed by atoms with Crippen LogP contribution in [0.2, 0.25) is 0 Å². The fraction of sp³-hybridized carbons (Fsp3) is 0.409. The van der Waals surface area contributed by atoms with Crippen LogP contribution in [0.5, 0.6) is 5.75 Å². The van der Waals surface area contributed by atoms with Gasteiger partial charge in [-0.3, -0.25) is 9.69 Å². The summed E-state index contributed by atoms with van der Waals surface area (Å²) >= 11 is 0. The zero-order valence-electron chi connectivity index (χ0n) is 16.0. The number of likely N-dealkylation sites (tertiary alicyclic amines) is 1. The van der Waals surface area contributed by atoms with Crippen molar-refractivity contribution >= 4 is 5.91 Å². The molecule has 142 valence electrons. The molecule has 1 fully saturated rings. The molecule has 1 aliphatic carbocycles. The molecule has 1 aliphatic heterocycles. The minimum absolute atomic E-state index is 0.0831. The average Bonchev–Trinajstić information content (AvgIpc) is 2.67. The van der Waals surface area contributed by atoms with Crippen molar-refractivity contribution in [1.29, 1.82) is 0 Å². The van der Waals surface area contributed by atoms with Gasteiger partial charge in [0.1, 0.15) is 11.4 Å². The fourth-order valence-electron chi connectivity index (χ4n) is 5.08. The number of nitrogens with two attached hydrogens (primary N) is 1. The van der Waals surface area contributed by atoms with E-state index in [0.29, 0.717) is 5.56 Å². The van der Waals surface area contributed by atoms with Crippen molar-refractivity contribution in [1.82, 2.24) is 4.90 Å². The van der Waals surface area contributed by atoms with Gasteiger partial charge in [0, 0.05) is 17.0 Å². The summed E-state index contributed by atoms with van der Waals surface area (Å²) in [5.41, 5.74) is 7.39. The highest BCUT2D eigenvalue weighted by molar-refractivity contribution is 5.93. The van der Waals surface area contributed by atoms with E-state index in [1.807, 2.05) is 12.1 Å². The SMILES string of the molecule is COc1ccc2c(c1)[C@@]1(C)CCN(C)[C@H](C2)C1(O)c1cccc(C(N)=O)c1. The number of carbonyl (C=O) groups is 1. The van der Waals surface area contributed by atoms with Gasteiger partial charge in [0.15, 0.2) is 0 Å². The zero-order chi connectivity index (χ0) is 19.4. The number of ether oxygens (including phenoxy) is 1. The Labute approximate surface area is 159 Å². The Hall–Kier alpha value is -2.37. The molecule has 2 bridgehead atoms. The summed E-state index contributed by atoms with van der Waals surface area (Å²) in [4.78, 5) is 14.0. The normalized spacial score (nSPS) is 29.9. The third-order valence-electron chi connectivity index (χ3n) is 6.73. The average molecular weight is 366 g/mol. The maximum atomic E-state index is 12.2. The summed E-state index contributed by atoms with van der Waals surface area (Å²) in [5.74, 6) is 0.308. The number of benzene rings is 2. The van der Waals surface area contributed by atoms with E-state index >= 15 is 0 Å². The molecule has 3 atom stereocenters. The van der Waals surface area contributed by atoms with E-state index in [-0.39, 0.29) is 6.04 Å². The molecule has 27 heavy (non-hydrogen) atoms. The van der Waals surface area contributed by atoms with Crippen LogP contribution in [0, 0.1) is 0 Å². The lowest BCUT2D eigenvalue weighted by Crippen LogP contribution is -2.67. The third kappa shape index (κ3) is 2.42. The number of amides is 1. The fourth-order valence-corrected chi connectivity index (χ4v) is 5.08. The quantitative estimate of drug-likeness (QED) is 0.873. The van der Waals surface area contributed by atoms with Crippen LogP contribution in [0.1, 0.15) is 40.4 Å². The third-order valence-corrected chi connectivity index (χ3v) is 6.73. The first-order valence-corrected chi connectivity index (χ1v) is 9.31. The molecule has 1 amide bonds. The summed E-state index contributed by atoms with van der Waals surface area (Å²) in [6.07, 6.45) is 1.54. The minimum atomic E-state index is -1.13. The lowest BCUT2D eigenvalue weighted by Gasteiger charge is -2.60. The Balaban J connectivity index is 1.96. The highest BCUT2D eigenvalue weighted by Crippen LogP contribution is 2.56. The topological polar surface area (TPSA) is 75.8 Å². The Morgan fingerprint density at radius 2 is 2.07 bits per heavy atom. The largest absolute Gasteiger partial charge is 0.497 e. The lowest BCUT2D eigenvalue weighted by molar-refractivity contribution is -0.141. The zero-order valence-corrected chi connectivity index (χ0v) is 16.0. The van der Waals surface area contributed by atoms with Gasteiger partial charge in [-0.15, -0.1) is 0 Å². The smallest absolute Gasteiger partial charge is 0.248 e. The molecular formula is C22H26N2O3. The number of nitrogens with zero attached hydrogens (tertiary/aromatic N) is 1. The van der Waals surface area contributed by atoms with Gasteiger partial charge in [-0.2, -0.15) is 0 Å². The van der Waals surface area contributed by atoms with Crippen molar-refractivity contribution < 1.29 is 14.6 Å². The van der Waals surface area contributed by atoms with E-state index < -0.39 is 16.9 Å². The van der Waals surface area contributed by atoms with Gasteiger partial charge in [0.25, 0.3) is 0 Å². The van der Waals surface area contributed by atoms with Crippen LogP contribution in [0.25, 0.3) is 0 Å². The maximum absolute atomic E-state index is 12.2. The van der Waals surface area contributed by atoms with Gasteiger partial charge in [-0.1, -0.05) is 25.1 Å². The molecule has 1 saturated heterocycles. The van der Waals surface area contributed by atoms with Gasteiger partial charge in [-0.25, -0.2) is 0 Å². The molecular weight excluding hydrogens is 340 g/mol. The molecule has 0 radical (unpaired) electrons. The first kappa shape index (κ1) is 18.0. The first-order chi connectivity index (χ1) is 12.8. The van der Waals surface area contributed by atoms with Crippen LogP contribution in [0.4, 0.5) is 0 Å². The number of likely N-dealkylation sites (N-methyl/N-ethyl adjacent to an activating group) is 1.